The van der Waals surface area contributed by atoms with E-state index in [0.29, 0.717) is 11.4 Å². The van der Waals surface area contributed by atoms with Crippen LogP contribution in [0.2, 0.25) is 5.02 Å². The van der Waals surface area contributed by atoms with Crippen LogP contribution in [0.3, 0.4) is 0 Å². The molecule has 1 rings (SSSR count). The number of amides is 1. The summed E-state index contributed by atoms with van der Waals surface area (Å²) in [5.41, 5.74) is 6.65. The molecule has 0 fully saturated rings. The summed E-state index contributed by atoms with van der Waals surface area (Å²) >= 11 is 5.93. The molecule has 102 valence electrons. The minimum atomic E-state index is -0.114. The van der Waals surface area contributed by atoms with Crippen LogP contribution in [0, 0.1) is 0 Å². The zero-order valence-corrected chi connectivity index (χ0v) is 12.5. The minimum Gasteiger partial charge on any atom is -0.339 e. The van der Waals surface area contributed by atoms with Crippen LogP contribution in [0.15, 0.2) is 24.3 Å². The van der Waals surface area contributed by atoms with Crippen LogP contribution in [-0.2, 0) is 4.79 Å². The monoisotopic (exact) mass is 290 g/mol. The van der Waals surface area contributed by atoms with Crippen molar-refractivity contribution in [2.24, 2.45) is 5.73 Å². The summed E-state index contributed by atoms with van der Waals surface area (Å²) in [5, 5.41) is 0.683. The molecule has 0 radical (unpaired) electrons. The van der Waals surface area contributed by atoms with Crippen molar-refractivity contribution >= 4 is 29.9 Å². The maximum absolute atomic E-state index is 11.9. The maximum Gasteiger partial charge on any atom is 0.224 e. The molecule has 1 amide bonds. The van der Waals surface area contributed by atoms with Gasteiger partial charge in [0.1, 0.15) is 0 Å². The Balaban J connectivity index is 0.00000289. The second-order valence-electron chi connectivity index (χ2n) is 4.42. The topological polar surface area (TPSA) is 46.3 Å². The lowest BCUT2D eigenvalue weighted by Gasteiger charge is -2.26. The molecule has 0 aliphatic heterocycles. The maximum atomic E-state index is 11.9. The SMILES string of the molecule is CC(N)CC(=O)N(C)C(C)c1cccc(Cl)c1.Cl. The van der Waals surface area contributed by atoms with E-state index in [1.54, 1.807) is 11.9 Å². The number of rotatable bonds is 4. The van der Waals surface area contributed by atoms with E-state index in [4.69, 9.17) is 17.3 Å². The highest BCUT2D eigenvalue weighted by atomic mass is 35.5. The summed E-state index contributed by atoms with van der Waals surface area (Å²) in [5.74, 6) is 0.0486. The van der Waals surface area contributed by atoms with Gasteiger partial charge >= 0.3 is 0 Å². The fourth-order valence-electron chi connectivity index (χ4n) is 1.63. The first-order chi connectivity index (χ1) is 7.91. The van der Waals surface area contributed by atoms with Crippen molar-refractivity contribution in [1.82, 2.24) is 4.90 Å². The standard InChI is InChI=1S/C13H19ClN2O.ClH/c1-9(15)7-13(17)16(3)10(2)11-5-4-6-12(14)8-11;/h4-6,8-10H,7,15H2,1-3H3;1H. The van der Waals surface area contributed by atoms with Crippen molar-refractivity contribution in [2.45, 2.75) is 32.4 Å². The number of benzene rings is 1. The van der Waals surface area contributed by atoms with Gasteiger partial charge < -0.3 is 10.6 Å². The molecule has 2 atom stereocenters. The molecule has 5 heteroatoms. The highest BCUT2D eigenvalue weighted by Gasteiger charge is 2.18. The van der Waals surface area contributed by atoms with Crippen LogP contribution in [-0.4, -0.2) is 23.9 Å². The molecule has 0 aliphatic carbocycles. The number of carbonyl (C=O) groups excluding carboxylic acids is 1. The second kappa shape index (κ2) is 7.62. The lowest BCUT2D eigenvalue weighted by Crippen LogP contribution is -2.33. The molecular weight excluding hydrogens is 271 g/mol. The van der Waals surface area contributed by atoms with E-state index >= 15 is 0 Å². The van der Waals surface area contributed by atoms with Gasteiger partial charge in [0, 0.05) is 24.5 Å². The Labute approximate surface area is 120 Å². The normalized spacial score (nSPS) is 13.4. The quantitative estimate of drug-likeness (QED) is 0.927. The van der Waals surface area contributed by atoms with Gasteiger partial charge in [-0.2, -0.15) is 0 Å². The van der Waals surface area contributed by atoms with Gasteiger partial charge in [0.05, 0.1) is 6.04 Å². The molecule has 0 spiro atoms. The highest BCUT2D eigenvalue weighted by molar-refractivity contribution is 6.30. The Morgan fingerprint density at radius 3 is 2.56 bits per heavy atom. The number of hydrogen-bond donors (Lipinski definition) is 1. The highest BCUT2D eigenvalue weighted by Crippen LogP contribution is 2.22. The average molecular weight is 291 g/mol. The van der Waals surface area contributed by atoms with Gasteiger partial charge in [-0.1, -0.05) is 23.7 Å². The van der Waals surface area contributed by atoms with Crippen molar-refractivity contribution in [1.29, 1.82) is 0 Å². The van der Waals surface area contributed by atoms with Crippen molar-refractivity contribution in [2.75, 3.05) is 7.05 Å². The van der Waals surface area contributed by atoms with Crippen LogP contribution in [0.25, 0.3) is 0 Å². The summed E-state index contributed by atoms with van der Waals surface area (Å²) in [7, 11) is 1.79. The molecule has 2 unspecified atom stereocenters. The third kappa shape index (κ3) is 4.84. The van der Waals surface area contributed by atoms with Gasteiger partial charge in [0.2, 0.25) is 5.91 Å². The number of nitrogens with two attached hydrogens (primary N) is 1. The van der Waals surface area contributed by atoms with Gasteiger partial charge in [-0.15, -0.1) is 12.4 Å². The first-order valence-corrected chi connectivity index (χ1v) is 6.06. The van der Waals surface area contributed by atoms with Crippen molar-refractivity contribution in [3.8, 4) is 0 Å². The van der Waals surface area contributed by atoms with E-state index < -0.39 is 0 Å². The van der Waals surface area contributed by atoms with Crippen LogP contribution >= 0.6 is 24.0 Å². The number of hydrogen-bond acceptors (Lipinski definition) is 2. The molecular formula is C13H20Cl2N2O. The first kappa shape index (κ1) is 17.2. The summed E-state index contributed by atoms with van der Waals surface area (Å²) in [6, 6.07) is 7.43. The Morgan fingerprint density at radius 2 is 2.06 bits per heavy atom. The van der Waals surface area contributed by atoms with Crippen LogP contribution in [0.4, 0.5) is 0 Å². The molecule has 1 aromatic carbocycles. The lowest BCUT2D eigenvalue weighted by molar-refractivity contribution is -0.132. The Hall–Kier alpha value is -0.770. The smallest absolute Gasteiger partial charge is 0.224 e. The fourth-order valence-corrected chi connectivity index (χ4v) is 1.82. The van der Waals surface area contributed by atoms with E-state index in [0.717, 1.165) is 5.56 Å². The summed E-state index contributed by atoms with van der Waals surface area (Å²) in [4.78, 5) is 13.6. The van der Waals surface area contributed by atoms with Crippen molar-refractivity contribution in [3.05, 3.63) is 34.9 Å². The number of carbonyl (C=O) groups is 1. The molecule has 0 aliphatic rings. The predicted molar refractivity (Wildman–Crippen MR) is 78.2 cm³/mol. The molecule has 0 saturated carbocycles. The third-order valence-corrected chi connectivity index (χ3v) is 3.04. The molecule has 0 heterocycles. The zero-order chi connectivity index (χ0) is 13.0. The molecule has 18 heavy (non-hydrogen) atoms. The predicted octanol–water partition coefficient (Wildman–Crippen LogP) is 3.02. The summed E-state index contributed by atoms with van der Waals surface area (Å²) in [6.45, 7) is 3.81. The van der Waals surface area contributed by atoms with Crippen molar-refractivity contribution < 1.29 is 4.79 Å². The molecule has 0 saturated heterocycles. The third-order valence-electron chi connectivity index (χ3n) is 2.80. The number of nitrogens with zero attached hydrogens (tertiary/aromatic N) is 1. The number of halogens is 2. The van der Waals surface area contributed by atoms with E-state index in [2.05, 4.69) is 0 Å². The second-order valence-corrected chi connectivity index (χ2v) is 4.85. The Bertz CT molecular complexity index is 396. The van der Waals surface area contributed by atoms with Gasteiger partial charge in [0.15, 0.2) is 0 Å². The average Bonchev–Trinajstić information content (AvgIpc) is 2.26. The van der Waals surface area contributed by atoms with Gasteiger partial charge in [-0.3, -0.25) is 4.79 Å². The van der Waals surface area contributed by atoms with Gasteiger partial charge in [-0.25, -0.2) is 0 Å². The molecule has 2 N–H and O–H groups in total. The van der Waals surface area contributed by atoms with Gasteiger partial charge in [0.25, 0.3) is 0 Å². The van der Waals surface area contributed by atoms with E-state index in [9.17, 15) is 4.79 Å². The van der Waals surface area contributed by atoms with Crippen LogP contribution < -0.4 is 5.73 Å². The van der Waals surface area contributed by atoms with E-state index in [1.807, 2.05) is 38.1 Å². The van der Waals surface area contributed by atoms with Crippen molar-refractivity contribution in [3.63, 3.8) is 0 Å². The largest absolute Gasteiger partial charge is 0.339 e. The molecule has 3 nitrogen and oxygen atoms in total. The fraction of sp³-hybridized carbons (Fsp3) is 0.462. The van der Waals surface area contributed by atoms with E-state index in [-0.39, 0.29) is 30.4 Å². The van der Waals surface area contributed by atoms with Crippen LogP contribution in [0.1, 0.15) is 31.9 Å². The summed E-state index contributed by atoms with van der Waals surface area (Å²) in [6.07, 6.45) is 0.363. The molecule has 1 aromatic rings. The Kier molecular flexibility index (Phi) is 7.29. The zero-order valence-electron chi connectivity index (χ0n) is 10.9. The molecule has 0 aromatic heterocycles. The Morgan fingerprint density at radius 1 is 1.44 bits per heavy atom. The molecule has 0 bridgehead atoms. The summed E-state index contributed by atoms with van der Waals surface area (Å²) < 4.78 is 0. The lowest BCUT2D eigenvalue weighted by atomic mass is 10.1. The first-order valence-electron chi connectivity index (χ1n) is 5.68. The van der Waals surface area contributed by atoms with E-state index in [1.165, 1.54) is 0 Å². The van der Waals surface area contributed by atoms with Gasteiger partial charge in [-0.05, 0) is 31.5 Å². The minimum absolute atomic E-state index is 0. The van der Waals surface area contributed by atoms with Crippen LogP contribution in [0.5, 0.6) is 0 Å².